The van der Waals surface area contributed by atoms with Crippen molar-refractivity contribution in [3.63, 3.8) is 0 Å². The highest BCUT2D eigenvalue weighted by Crippen LogP contribution is 2.12. The fraction of sp³-hybridized carbons (Fsp3) is 0.462. The number of ketones is 1. The van der Waals surface area contributed by atoms with Crippen molar-refractivity contribution in [1.29, 1.82) is 0 Å². The molecule has 0 heterocycles. The summed E-state index contributed by atoms with van der Waals surface area (Å²) in [5.74, 6) is -0.0871. The zero-order valence-corrected chi connectivity index (χ0v) is 10.9. The van der Waals surface area contributed by atoms with Gasteiger partial charge in [-0.1, -0.05) is 23.7 Å². The van der Waals surface area contributed by atoms with Gasteiger partial charge in [-0.3, -0.25) is 4.79 Å². The van der Waals surface area contributed by atoms with Crippen LogP contribution in [0.2, 0.25) is 5.02 Å². The summed E-state index contributed by atoms with van der Waals surface area (Å²) in [6, 6.07) is 7.23. The molecule has 0 aromatic heterocycles. The Labute approximate surface area is 107 Å². The summed E-state index contributed by atoms with van der Waals surface area (Å²) in [5.41, 5.74) is 0.868. The zero-order chi connectivity index (χ0) is 12.7. The summed E-state index contributed by atoms with van der Waals surface area (Å²) in [7, 11) is 0. The largest absolute Gasteiger partial charge is 0.346 e. The molecule has 0 aliphatic carbocycles. The smallest absolute Gasteiger partial charge is 0.218 e. The van der Waals surface area contributed by atoms with E-state index in [9.17, 15) is 4.79 Å². The predicted molar refractivity (Wildman–Crippen MR) is 67.2 cm³/mol. The molecule has 0 unspecified atom stereocenters. The molecule has 1 aromatic carbocycles. The van der Waals surface area contributed by atoms with Crippen molar-refractivity contribution < 1.29 is 14.3 Å². The Morgan fingerprint density at radius 1 is 1.29 bits per heavy atom. The summed E-state index contributed by atoms with van der Waals surface area (Å²) in [6.07, 6.45) is -0.505. The van der Waals surface area contributed by atoms with Crippen LogP contribution in [0.4, 0.5) is 0 Å². The van der Waals surface area contributed by atoms with E-state index in [1.54, 1.807) is 12.1 Å². The summed E-state index contributed by atoms with van der Waals surface area (Å²) in [4.78, 5) is 11.9. The number of ether oxygens (including phenoxy) is 2. The number of carbonyl (C=O) groups is 1. The number of Topliss-reactive ketones (excluding diaryl/α,β-unsaturated/α-hetero) is 1. The second-order valence-corrected chi connectivity index (χ2v) is 3.95. The first-order chi connectivity index (χ1) is 8.17. The van der Waals surface area contributed by atoms with E-state index in [0.29, 0.717) is 18.2 Å². The summed E-state index contributed by atoms with van der Waals surface area (Å²) in [5, 5.41) is 0.625. The van der Waals surface area contributed by atoms with E-state index < -0.39 is 6.29 Å². The molecule has 0 amide bonds. The molecule has 0 bridgehead atoms. The molecule has 3 nitrogen and oxygen atoms in total. The standard InChI is InChI=1S/C13H17ClO3/c1-3-16-13(17-4-2)12(15)9-10-6-5-7-11(14)8-10/h5-8,13H,3-4,9H2,1-2H3. The van der Waals surface area contributed by atoms with Gasteiger partial charge in [-0.25, -0.2) is 0 Å². The quantitative estimate of drug-likeness (QED) is 0.704. The van der Waals surface area contributed by atoms with E-state index in [4.69, 9.17) is 21.1 Å². The molecule has 1 aromatic rings. The molecule has 0 saturated carbocycles. The molecular formula is C13H17ClO3. The van der Waals surface area contributed by atoms with Gasteiger partial charge < -0.3 is 9.47 Å². The zero-order valence-electron chi connectivity index (χ0n) is 10.1. The third kappa shape index (κ3) is 4.86. The summed E-state index contributed by atoms with van der Waals surface area (Å²) in [6.45, 7) is 4.56. The van der Waals surface area contributed by atoms with Crippen LogP contribution in [0.15, 0.2) is 24.3 Å². The summed E-state index contributed by atoms with van der Waals surface area (Å²) >= 11 is 5.86. The molecule has 1 rings (SSSR count). The normalized spacial score (nSPS) is 10.8. The van der Waals surface area contributed by atoms with Crippen LogP contribution in [0.25, 0.3) is 0 Å². The Morgan fingerprint density at radius 2 is 1.94 bits per heavy atom. The molecule has 0 aliphatic rings. The van der Waals surface area contributed by atoms with Crippen molar-refractivity contribution >= 4 is 17.4 Å². The van der Waals surface area contributed by atoms with E-state index in [-0.39, 0.29) is 12.2 Å². The van der Waals surface area contributed by atoms with Crippen LogP contribution in [0.3, 0.4) is 0 Å². The van der Waals surface area contributed by atoms with Gasteiger partial charge in [0.2, 0.25) is 6.29 Å². The molecule has 0 saturated heterocycles. The Kier molecular flexibility index (Phi) is 6.19. The predicted octanol–water partition coefficient (Wildman–Crippen LogP) is 2.85. The highest BCUT2D eigenvalue weighted by Gasteiger charge is 2.18. The average Bonchev–Trinajstić information content (AvgIpc) is 2.28. The Balaban J connectivity index is 2.62. The maximum atomic E-state index is 11.9. The minimum Gasteiger partial charge on any atom is -0.346 e. The van der Waals surface area contributed by atoms with Crippen molar-refractivity contribution in [2.45, 2.75) is 26.6 Å². The van der Waals surface area contributed by atoms with Crippen molar-refractivity contribution in [3.05, 3.63) is 34.9 Å². The van der Waals surface area contributed by atoms with Gasteiger partial charge in [-0.2, -0.15) is 0 Å². The molecule has 17 heavy (non-hydrogen) atoms. The highest BCUT2D eigenvalue weighted by molar-refractivity contribution is 6.30. The fourth-order valence-electron chi connectivity index (χ4n) is 1.47. The Bertz CT molecular complexity index is 359. The van der Waals surface area contributed by atoms with Gasteiger partial charge in [-0.15, -0.1) is 0 Å². The monoisotopic (exact) mass is 256 g/mol. The Hall–Kier alpha value is -0.900. The maximum Gasteiger partial charge on any atom is 0.218 e. The number of halogens is 1. The molecule has 0 spiro atoms. The lowest BCUT2D eigenvalue weighted by atomic mass is 10.1. The van der Waals surface area contributed by atoms with Gasteiger partial charge in [0.15, 0.2) is 5.78 Å². The molecule has 0 fully saturated rings. The maximum absolute atomic E-state index is 11.9. The van der Waals surface area contributed by atoms with Gasteiger partial charge in [-0.05, 0) is 31.5 Å². The van der Waals surface area contributed by atoms with Crippen LogP contribution in [-0.2, 0) is 20.7 Å². The first-order valence-corrected chi connectivity index (χ1v) is 6.05. The lowest BCUT2D eigenvalue weighted by Crippen LogP contribution is -2.29. The fourth-order valence-corrected chi connectivity index (χ4v) is 1.68. The van der Waals surface area contributed by atoms with Gasteiger partial charge >= 0.3 is 0 Å². The first kappa shape index (κ1) is 14.2. The van der Waals surface area contributed by atoms with Crippen LogP contribution in [0.5, 0.6) is 0 Å². The third-order valence-electron chi connectivity index (χ3n) is 2.17. The van der Waals surface area contributed by atoms with Crippen LogP contribution < -0.4 is 0 Å². The minimum atomic E-state index is -0.774. The molecule has 94 valence electrons. The number of hydrogen-bond donors (Lipinski definition) is 0. The van der Waals surface area contributed by atoms with Crippen LogP contribution >= 0.6 is 11.6 Å². The van der Waals surface area contributed by atoms with Gasteiger partial charge in [0.25, 0.3) is 0 Å². The molecule has 0 aliphatic heterocycles. The Morgan fingerprint density at radius 3 is 2.47 bits per heavy atom. The van der Waals surface area contributed by atoms with Crippen molar-refractivity contribution in [1.82, 2.24) is 0 Å². The molecule has 0 atom stereocenters. The first-order valence-electron chi connectivity index (χ1n) is 5.67. The lowest BCUT2D eigenvalue weighted by Gasteiger charge is -2.15. The van der Waals surface area contributed by atoms with Crippen molar-refractivity contribution in [2.24, 2.45) is 0 Å². The number of hydrogen-bond acceptors (Lipinski definition) is 3. The van der Waals surface area contributed by atoms with E-state index in [2.05, 4.69) is 0 Å². The van der Waals surface area contributed by atoms with Gasteiger partial charge in [0, 0.05) is 24.7 Å². The highest BCUT2D eigenvalue weighted by atomic mass is 35.5. The minimum absolute atomic E-state index is 0.0871. The van der Waals surface area contributed by atoms with Crippen LogP contribution in [0.1, 0.15) is 19.4 Å². The second-order valence-electron chi connectivity index (χ2n) is 3.52. The van der Waals surface area contributed by atoms with E-state index in [0.717, 1.165) is 5.56 Å². The van der Waals surface area contributed by atoms with E-state index >= 15 is 0 Å². The van der Waals surface area contributed by atoms with E-state index in [1.165, 1.54) is 0 Å². The molecular weight excluding hydrogens is 240 g/mol. The SMILES string of the molecule is CCOC(OCC)C(=O)Cc1cccc(Cl)c1. The molecule has 0 N–H and O–H groups in total. The average molecular weight is 257 g/mol. The van der Waals surface area contributed by atoms with Crippen molar-refractivity contribution in [3.8, 4) is 0 Å². The lowest BCUT2D eigenvalue weighted by molar-refractivity contribution is -0.167. The molecule has 0 radical (unpaired) electrons. The van der Waals surface area contributed by atoms with Crippen molar-refractivity contribution in [2.75, 3.05) is 13.2 Å². The van der Waals surface area contributed by atoms with Crippen LogP contribution in [0, 0.1) is 0 Å². The second kappa shape index (κ2) is 7.43. The van der Waals surface area contributed by atoms with Crippen LogP contribution in [-0.4, -0.2) is 25.3 Å². The number of benzene rings is 1. The topological polar surface area (TPSA) is 35.5 Å². The van der Waals surface area contributed by atoms with Gasteiger partial charge in [0.1, 0.15) is 0 Å². The van der Waals surface area contributed by atoms with E-state index in [1.807, 2.05) is 26.0 Å². The number of rotatable bonds is 7. The number of carbonyl (C=O) groups excluding carboxylic acids is 1. The summed E-state index contributed by atoms with van der Waals surface area (Å²) < 4.78 is 10.5. The van der Waals surface area contributed by atoms with Gasteiger partial charge in [0.05, 0.1) is 0 Å². The third-order valence-corrected chi connectivity index (χ3v) is 2.40. The molecule has 4 heteroatoms.